The van der Waals surface area contributed by atoms with Crippen molar-refractivity contribution < 1.29 is 0 Å². The third-order valence-corrected chi connectivity index (χ3v) is 2.86. The van der Waals surface area contributed by atoms with Gasteiger partial charge in [0.25, 0.3) is 0 Å². The summed E-state index contributed by atoms with van der Waals surface area (Å²) in [6.07, 6.45) is 4.59. The molecule has 0 amide bonds. The maximum Gasteiger partial charge on any atom is 0.169 e. The van der Waals surface area contributed by atoms with Crippen LogP contribution in [0.25, 0.3) is 0 Å². The first-order valence-corrected chi connectivity index (χ1v) is 5.90. The fraction of sp³-hybridized carbons (Fsp3) is 0.750. The summed E-state index contributed by atoms with van der Waals surface area (Å²) in [5.41, 5.74) is 6.91. The number of nitrogen functional groups attached to an aromatic ring is 1. The smallest absolute Gasteiger partial charge is 0.169 e. The van der Waals surface area contributed by atoms with Gasteiger partial charge in [0.05, 0.1) is 12.2 Å². The van der Waals surface area contributed by atoms with E-state index in [1.54, 1.807) is 0 Å². The fourth-order valence-electron chi connectivity index (χ4n) is 1.45. The van der Waals surface area contributed by atoms with E-state index in [9.17, 15) is 0 Å². The van der Waals surface area contributed by atoms with Crippen molar-refractivity contribution in [2.75, 3.05) is 17.7 Å². The average Bonchev–Trinajstić information content (AvgIpc) is 2.88. The van der Waals surface area contributed by atoms with Crippen molar-refractivity contribution in [3.63, 3.8) is 0 Å². The first kappa shape index (κ1) is 8.87. The molecule has 1 aliphatic rings. The summed E-state index contributed by atoms with van der Waals surface area (Å²) in [6, 6.07) is 0. The molecule has 0 spiro atoms. The van der Waals surface area contributed by atoms with Gasteiger partial charge in [0.2, 0.25) is 0 Å². The van der Waals surface area contributed by atoms with Crippen LogP contribution in [-0.2, 0) is 6.54 Å². The van der Waals surface area contributed by atoms with Crippen molar-refractivity contribution in [2.24, 2.45) is 0 Å². The molecule has 72 valence electrons. The number of hydrogen-bond donors (Lipinski definition) is 1. The molecule has 0 bridgehead atoms. The largest absolute Gasteiger partial charge is 0.381 e. The Labute approximate surface area is 81.9 Å². The molecule has 5 heteroatoms. The topological polar surface area (TPSA) is 56.7 Å². The van der Waals surface area contributed by atoms with E-state index in [0.29, 0.717) is 11.7 Å². The molecule has 2 N–H and O–H groups in total. The zero-order chi connectivity index (χ0) is 9.26. The van der Waals surface area contributed by atoms with Crippen molar-refractivity contribution in [3.8, 4) is 0 Å². The number of aryl methyl sites for hydroxylation is 1. The minimum absolute atomic E-state index is 0.628. The van der Waals surface area contributed by atoms with Crippen LogP contribution in [-0.4, -0.2) is 27.0 Å². The standard InChI is InChI=1S/C8H14N4S/c1-13-5-4-12-7(6-2-3-6)8(9)10-11-12/h6H,2-5,9H2,1H3. The van der Waals surface area contributed by atoms with E-state index in [2.05, 4.69) is 16.6 Å². The van der Waals surface area contributed by atoms with Crippen molar-refractivity contribution in [3.05, 3.63) is 5.69 Å². The summed E-state index contributed by atoms with van der Waals surface area (Å²) < 4.78 is 1.96. The van der Waals surface area contributed by atoms with Crippen LogP contribution < -0.4 is 5.73 Å². The van der Waals surface area contributed by atoms with Crippen molar-refractivity contribution in [1.29, 1.82) is 0 Å². The second kappa shape index (κ2) is 3.57. The summed E-state index contributed by atoms with van der Waals surface area (Å²) in [5, 5.41) is 7.96. The van der Waals surface area contributed by atoms with E-state index >= 15 is 0 Å². The summed E-state index contributed by atoms with van der Waals surface area (Å²) in [4.78, 5) is 0. The van der Waals surface area contributed by atoms with Gasteiger partial charge < -0.3 is 5.73 Å². The zero-order valence-corrected chi connectivity index (χ0v) is 8.55. The van der Waals surface area contributed by atoms with Crippen LogP contribution >= 0.6 is 11.8 Å². The molecule has 1 aromatic rings. The van der Waals surface area contributed by atoms with Gasteiger partial charge in [-0.2, -0.15) is 11.8 Å². The Balaban J connectivity index is 2.13. The lowest BCUT2D eigenvalue weighted by molar-refractivity contribution is 0.604. The molecule has 0 saturated heterocycles. The number of nitrogens with two attached hydrogens (primary N) is 1. The normalized spacial score (nSPS) is 16.4. The van der Waals surface area contributed by atoms with Gasteiger partial charge in [-0.05, 0) is 19.1 Å². The number of anilines is 1. The van der Waals surface area contributed by atoms with Crippen LogP contribution in [0, 0.1) is 0 Å². The monoisotopic (exact) mass is 198 g/mol. The Kier molecular flexibility index (Phi) is 2.44. The molecule has 0 aromatic carbocycles. The summed E-state index contributed by atoms with van der Waals surface area (Å²) in [7, 11) is 0. The van der Waals surface area contributed by atoms with Crippen LogP contribution in [0.5, 0.6) is 0 Å². The van der Waals surface area contributed by atoms with E-state index in [1.165, 1.54) is 12.8 Å². The van der Waals surface area contributed by atoms with E-state index in [1.807, 2.05) is 16.4 Å². The molecule has 1 aromatic heterocycles. The minimum atomic E-state index is 0.628. The van der Waals surface area contributed by atoms with Crippen molar-refractivity contribution >= 4 is 17.6 Å². The first-order valence-electron chi connectivity index (χ1n) is 4.50. The summed E-state index contributed by atoms with van der Waals surface area (Å²) >= 11 is 1.82. The molecule has 0 atom stereocenters. The van der Waals surface area contributed by atoms with Crippen LogP contribution in [0.2, 0.25) is 0 Å². The van der Waals surface area contributed by atoms with E-state index in [-0.39, 0.29) is 0 Å². The second-order valence-electron chi connectivity index (χ2n) is 3.35. The quantitative estimate of drug-likeness (QED) is 0.787. The molecule has 0 aliphatic heterocycles. The van der Waals surface area contributed by atoms with Gasteiger partial charge in [0.1, 0.15) is 0 Å². The number of rotatable bonds is 4. The molecule has 0 unspecified atom stereocenters. The molecule has 1 fully saturated rings. The maximum absolute atomic E-state index is 5.75. The molecular weight excluding hydrogens is 184 g/mol. The van der Waals surface area contributed by atoms with Gasteiger partial charge in [0, 0.05) is 11.7 Å². The Morgan fingerprint density at radius 2 is 2.38 bits per heavy atom. The lowest BCUT2D eigenvalue weighted by atomic mass is 10.3. The van der Waals surface area contributed by atoms with Gasteiger partial charge in [-0.3, -0.25) is 0 Å². The highest BCUT2D eigenvalue weighted by atomic mass is 32.2. The fourth-order valence-corrected chi connectivity index (χ4v) is 1.81. The number of nitrogens with zero attached hydrogens (tertiary/aromatic N) is 3. The Hall–Kier alpha value is -0.710. The third-order valence-electron chi connectivity index (χ3n) is 2.27. The molecule has 13 heavy (non-hydrogen) atoms. The molecule has 4 nitrogen and oxygen atoms in total. The lowest BCUT2D eigenvalue weighted by Gasteiger charge is -2.03. The van der Waals surface area contributed by atoms with E-state index in [4.69, 9.17) is 5.73 Å². The number of thioether (sulfide) groups is 1. The lowest BCUT2D eigenvalue weighted by Crippen LogP contribution is -2.07. The SMILES string of the molecule is CSCCn1nnc(N)c1C1CC1. The predicted octanol–water partition coefficient (Wildman–Crippen LogP) is 1.10. The van der Waals surface area contributed by atoms with E-state index in [0.717, 1.165) is 18.0 Å². The molecule has 1 aliphatic carbocycles. The minimum Gasteiger partial charge on any atom is -0.381 e. The Bertz CT molecular complexity index is 292. The first-order chi connectivity index (χ1) is 6.33. The van der Waals surface area contributed by atoms with E-state index < -0.39 is 0 Å². The van der Waals surface area contributed by atoms with Crippen molar-refractivity contribution in [1.82, 2.24) is 15.0 Å². The van der Waals surface area contributed by atoms with Gasteiger partial charge in [-0.1, -0.05) is 5.21 Å². The Morgan fingerprint density at radius 1 is 1.62 bits per heavy atom. The van der Waals surface area contributed by atoms with Gasteiger partial charge in [-0.25, -0.2) is 4.68 Å². The van der Waals surface area contributed by atoms with Gasteiger partial charge in [-0.15, -0.1) is 5.10 Å². The highest BCUT2D eigenvalue weighted by Crippen LogP contribution is 2.41. The predicted molar refractivity (Wildman–Crippen MR) is 54.8 cm³/mol. The number of hydrogen-bond acceptors (Lipinski definition) is 4. The van der Waals surface area contributed by atoms with Gasteiger partial charge in [0.15, 0.2) is 5.82 Å². The molecule has 1 heterocycles. The van der Waals surface area contributed by atoms with Crippen LogP contribution in [0.3, 0.4) is 0 Å². The molecular formula is C8H14N4S. The number of aromatic nitrogens is 3. The Morgan fingerprint density at radius 3 is 3.00 bits per heavy atom. The van der Waals surface area contributed by atoms with Gasteiger partial charge >= 0.3 is 0 Å². The van der Waals surface area contributed by atoms with Crippen LogP contribution in [0.4, 0.5) is 5.82 Å². The summed E-state index contributed by atoms with van der Waals surface area (Å²) in [5.74, 6) is 2.34. The third kappa shape index (κ3) is 1.80. The van der Waals surface area contributed by atoms with Crippen molar-refractivity contribution in [2.45, 2.75) is 25.3 Å². The average molecular weight is 198 g/mol. The highest BCUT2D eigenvalue weighted by Gasteiger charge is 2.30. The highest BCUT2D eigenvalue weighted by molar-refractivity contribution is 7.98. The van der Waals surface area contributed by atoms with Crippen LogP contribution in [0.1, 0.15) is 24.5 Å². The molecule has 0 radical (unpaired) electrons. The maximum atomic E-state index is 5.75. The zero-order valence-electron chi connectivity index (χ0n) is 7.73. The second-order valence-corrected chi connectivity index (χ2v) is 4.34. The summed E-state index contributed by atoms with van der Waals surface area (Å²) in [6.45, 7) is 0.928. The molecule has 1 saturated carbocycles. The molecule has 2 rings (SSSR count). The van der Waals surface area contributed by atoms with Crippen LogP contribution in [0.15, 0.2) is 0 Å².